The number of aromatic nitrogens is 3. The number of amides is 1. The molecular formula is C30H23N5O4S. The second kappa shape index (κ2) is 10.7. The lowest BCUT2D eigenvalue weighted by atomic mass is 9.98. The van der Waals surface area contributed by atoms with Crippen LogP contribution in [0.5, 0.6) is 0 Å². The summed E-state index contributed by atoms with van der Waals surface area (Å²) in [6.07, 6.45) is -0.263. The fourth-order valence-electron chi connectivity index (χ4n) is 5.16. The Labute approximate surface area is 234 Å². The Balaban J connectivity index is 1.24. The molecule has 0 radical (unpaired) electrons. The molecule has 0 saturated carbocycles. The van der Waals surface area contributed by atoms with Crippen molar-refractivity contribution in [2.24, 2.45) is 0 Å². The normalized spacial score (nSPS) is 12.9. The van der Waals surface area contributed by atoms with E-state index in [0.717, 1.165) is 27.8 Å². The first-order chi connectivity index (χ1) is 19.5. The van der Waals surface area contributed by atoms with Gasteiger partial charge in [0.05, 0.1) is 11.0 Å². The average molecular weight is 550 g/mol. The average Bonchev–Trinajstić information content (AvgIpc) is 3.55. The molecule has 9 nitrogen and oxygen atoms in total. The fourth-order valence-corrected chi connectivity index (χ4v) is 5.44. The van der Waals surface area contributed by atoms with Crippen LogP contribution >= 0.6 is 12.2 Å². The molecule has 1 amide bonds. The zero-order chi connectivity index (χ0) is 27.6. The van der Waals surface area contributed by atoms with Crippen molar-refractivity contribution in [2.75, 3.05) is 6.61 Å². The molecule has 0 unspecified atom stereocenters. The monoisotopic (exact) mass is 549 g/mol. The van der Waals surface area contributed by atoms with Crippen molar-refractivity contribution in [3.05, 3.63) is 124 Å². The minimum absolute atomic E-state index is 0.0857. The number of non-ortho nitro benzene ring substituents is 1. The second-order valence-electron chi connectivity index (χ2n) is 9.48. The van der Waals surface area contributed by atoms with E-state index >= 15 is 0 Å². The molecule has 10 heteroatoms. The quantitative estimate of drug-likeness (QED) is 0.158. The maximum absolute atomic E-state index is 13.2. The van der Waals surface area contributed by atoms with E-state index in [0.29, 0.717) is 17.5 Å². The molecule has 1 atom stereocenters. The molecule has 4 aromatic carbocycles. The lowest BCUT2D eigenvalue weighted by molar-refractivity contribution is -0.384. The van der Waals surface area contributed by atoms with Gasteiger partial charge in [-0.05, 0) is 40.3 Å². The van der Waals surface area contributed by atoms with Crippen molar-refractivity contribution in [3.63, 3.8) is 0 Å². The van der Waals surface area contributed by atoms with Gasteiger partial charge < -0.3 is 10.1 Å². The van der Waals surface area contributed by atoms with Gasteiger partial charge in [0.2, 0.25) is 0 Å². The fraction of sp³-hybridized carbons (Fsp3) is 0.133. The Kier molecular flexibility index (Phi) is 6.75. The molecule has 0 fully saturated rings. The minimum atomic E-state index is -0.697. The smallest absolute Gasteiger partial charge is 0.407 e. The number of fused-ring (bicyclic) bond motifs is 4. The lowest BCUT2D eigenvalue weighted by Gasteiger charge is -2.21. The van der Waals surface area contributed by atoms with Crippen molar-refractivity contribution in [1.82, 2.24) is 20.3 Å². The first-order valence-electron chi connectivity index (χ1n) is 12.7. The van der Waals surface area contributed by atoms with Crippen LogP contribution in [-0.4, -0.2) is 43.6 Å². The number of thiocarbonyl (C=S) groups is 1. The number of carbonyl (C=O) groups excluding carboxylic acids is 1. The Hall–Kier alpha value is -4.96. The predicted molar refractivity (Wildman–Crippen MR) is 154 cm³/mol. The number of carbonyl (C=O) groups is 1. The molecule has 5 aromatic rings. The SMILES string of the molecule is O=C(N[C@@H](Cc1ccccc1)C(=S)n1nnc2ccc([N+](=O)[O-])cc21)OCC1c2ccccc2-c2ccccc21. The number of ether oxygens (including phenoxy) is 1. The zero-order valence-electron chi connectivity index (χ0n) is 21.1. The molecule has 0 bridgehead atoms. The third-order valence-corrected chi connectivity index (χ3v) is 7.52. The summed E-state index contributed by atoms with van der Waals surface area (Å²) in [5.74, 6) is -0.0857. The first-order valence-corrected chi connectivity index (χ1v) is 13.1. The van der Waals surface area contributed by atoms with Gasteiger partial charge in [0.15, 0.2) is 0 Å². The third kappa shape index (κ3) is 4.80. The third-order valence-electron chi connectivity index (χ3n) is 7.07. The molecule has 1 N–H and O–H groups in total. The van der Waals surface area contributed by atoms with Gasteiger partial charge in [0.1, 0.15) is 22.6 Å². The molecule has 40 heavy (non-hydrogen) atoms. The van der Waals surface area contributed by atoms with Gasteiger partial charge in [0.25, 0.3) is 5.69 Å². The lowest BCUT2D eigenvalue weighted by Crippen LogP contribution is -2.45. The van der Waals surface area contributed by atoms with Crippen LogP contribution in [0.15, 0.2) is 97.1 Å². The molecule has 6 rings (SSSR count). The van der Waals surface area contributed by atoms with Gasteiger partial charge in [-0.25, -0.2) is 9.48 Å². The van der Waals surface area contributed by atoms with Crippen molar-refractivity contribution >= 4 is 40.0 Å². The van der Waals surface area contributed by atoms with Crippen molar-refractivity contribution in [2.45, 2.75) is 18.4 Å². The number of hydrogen-bond acceptors (Lipinski definition) is 7. The highest BCUT2D eigenvalue weighted by Crippen LogP contribution is 2.44. The Morgan fingerprint density at radius 3 is 2.30 bits per heavy atom. The van der Waals surface area contributed by atoms with Gasteiger partial charge in [-0.1, -0.05) is 96.3 Å². The first kappa shape index (κ1) is 25.3. The van der Waals surface area contributed by atoms with Gasteiger partial charge in [0, 0.05) is 18.1 Å². The van der Waals surface area contributed by atoms with Gasteiger partial charge in [-0.15, -0.1) is 5.10 Å². The number of nitro benzene ring substituents is 1. The van der Waals surface area contributed by atoms with Crippen LogP contribution in [0, 0.1) is 10.1 Å². The standard InChI is InChI=1S/C30H23N5O4S/c36-30(39-18-25-23-12-6-4-10-21(23)22-11-5-7-13-24(22)25)31-27(16-19-8-2-1-3-9-19)29(40)34-28-17-20(35(37)38)14-15-26(28)32-33-34/h1-15,17,25,27H,16,18H2,(H,31,36)/t27-/m0/s1. The van der Waals surface area contributed by atoms with E-state index in [4.69, 9.17) is 17.0 Å². The highest BCUT2D eigenvalue weighted by molar-refractivity contribution is 7.80. The highest BCUT2D eigenvalue weighted by Gasteiger charge is 2.30. The van der Waals surface area contributed by atoms with E-state index in [-0.39, 0.29) is 23.2 Å². The summed E-state index contributed by atoms with van der Waals surface area (Å²) in [7, 11) is 0. The van der Waals surface area contributed by atoms with Gasteiger partial charge in [-0.3, -0.25) is 10.1 Å². The van der Waals surface area contributed by atoms with E-state index < -0.39 is 17.1 Å². The van der Waals surface area contributed by atoms with Crippen LogP contribution in [0.3, 0.4) is 0 Å². The number of alkyl carbamates (subject to hydrolysis) is 1. The summed E-state index contributed by atoms with van der Waals surface area (Å²) >= 11 is 5.77. The van der Waals surface area contributed by atoms with Crippen LogP contribution in [0.2, 0.25) is 0 Å². The zero-order valence-corrected chi connectivity index (χ0v) is 22.0. The highest BCUT2D eigenvalue weighted by atomic mass is 32.1. The number of rotatable bonds is 7. The number of nitrogens with zero attached hydrogens (tertiary/aromatic N) is 4. The molecule has 0 saturated heterocycles. The van der Waals surface area contributed by atoms with E-state index in [1.807, 2.05) is 54.6 Å². The molecule has 0 aliphatic heterocycles. The maximum Gasteiger partial charge on any atom is 0.407 e. The Morgan fingerprint density at radius 1 is 0.975 bits per heavy atom. The van der Waals surface area contributed by atoms with Gasteiger partial charge >= 0.3 is 6.09 Å². The topological polar surface area (TPSA) is 112 Å². The van der Waals surface area contributed by atoms with E-state index in [1.54, 1.807) is 0 Å². The molecule has 1 aliphatic carbocycles. The molecule has 1 aliphatic rings. The van der Waals surface area contributed by atoms with Crippen molar-refractivity contribution < 1.29 is 14.5 Å². The molecule has 1 heterocycles. The number of hydrogen-bond donors (Lipinski definition) is 1. The molecule has 198 valence electrons. The molecule has 1 aromatic heterocycles. The number of benzene rings is 4. The summed E-state index contributed by atoms with van der Waals surface area (Å²) in [5.41, 5.74) is 6.17. The second-order valence-corrected chi connectivity index (χ2v) is 9.90. The van der Waals surface area contributed by atoms with Crippen molar-refractivity contribution in [3.8, 4) is 11.1 Å². The predicted octanol–water partition coefficient (Wildman–Crippen LogP) is 5.67. The summed E-state index contributed by atoms with van der Waals surface area (Å²) in [6, 6.07) is 29.4. The van der Waals surface area contributed by atoms with Crippen LogP contribution in [0.4, 0.5) is 10.5 Å². The summed E-state index contributed by atoms with van der Waals surface area (Å²) in [5, 5.41) is 22.5. The van der Waals surface area contributed by atoms with Gasteiger partial charge in [-0.2, -0.15) is 0 Å². The molecular weight excluding hydrogens is 526 g/mol. The van der Waals surface area contributed by atoms with Crippen LogP contribution in [0.25, 0.3) is 22.2 Å². The Bertz CT molecular complexity index is 1710. The minimum Gasteiger partial charge on any atom is -0.449 e. The van der Waals surface area contributed by atoms with Crippen molar-refractivity contribution in [1.29, 1.82) is 0 Å². The van der Waals surface area contributed by atoms with Crippen LogP contribution in [-0.2, 0) is 11.2 Å². The van der Waals surface area contributed by atoms with Crippen LogP contribution < -0.4 is 5.32 Å². The summed E-state index contributed by atoms with van der Waals surface area (Å²) in [6.45, 7) is 0.156. The van der Waals surface area contributed by atoms with E-state index in [9.17, 15) is 14.9 Å². The summed E-state index contributed by atoms with van der Waals surface area (Å²) < 4.78 is 7.13. The largest absolute Gasteiger partial charge is 0.449 e. The number of nitrogens with one attached hydrogen (secondary N) is 1. The van der Waals surface area contributed by atoms with E-state index in [2.05, 4.69) is 39.9 Å². The summed E-state index contributed by atoms with van der Waals surface area (Å²) in [4.78, 5) is 24.3. The number of nitro groups is 1. The van der Waals surface area contributed by atoms with E-state index in [1.165, 1.54) is 22.9 Å². The maximum atomic E-state index is 13.2. The molecule has 0 spiro atoms. The van der Waals surface area contributed by atoms with Crippen LogP contribution in [0.1, 0.15) is 22.6 Å². The Morgan fingerprint density at radius 2 is 1.62 bits per heavy atom.